The number of halogens is 1. The lowest BCUT2D eigenvalue weighted by Crippen LogP contribution is -2.28. The first-order valence-electron chi connectivity index (χ1n) is 4.57. The van der Waals surface area contributed by atoms with E-state index in [0.29, 0.717) is 5.82 Å². The van der Waals surface area contributed by atoms with Crippen molar-refractivity contribution in [2.24, 2.45) is 0 Å². The van der Waals surface area contributed by atoms with Crippen LogP contribution in [0.2, 0.25) is 5.15 Å². The molecule has 0 bridgehead atoms. The van der Waals surface area contributed by atoms with Gasteiger partial charge in [-0.2, -0.15) is 0 Å². The van der Waals surface area contributed by atoms with Gasteiger partial charge in [-0.05, 0) is 13.8 Å². The lowest BCUT2D eigenvalue weighted by atomic mass is 10.3. The number of hydrogen-bond acceptors (Lipinski definition) is 5. The van der Waals surface area contributed by atoms with E-state index < -0.39 is 6.04 Å². The molecule has 0 aliphatic rings. The Hall–Kier alpha value is -0.910. The van der Waals surface area contributed by atoms with Gasteiger partial charge in [0.1, 0.15) is 0 Å². The van der Waals surface area contributed by atoms with Crippen LogP contribution in [0.25, 0.3) is 0 Å². The Morgan fingerprint density at radius 3 is 2.27 bits per heavy atom. The number of aliphatic hydroxyl groups is 2. The third-order valence-corrected chi connectivity index (χ3v) is 2.31. The highest BCUT2D eigenvalue weighted by Crippen LogP contribution is 2.18. The van der Waals surface area contributed by atoms with Crippen LogP contribution in [-0.2, 0) is 0 Å². The second-order valence-electron chi connectivity index (χ2n) is 3.24. The predicted octanol–water partition coefficient (Wildman–Crippen LogP) is 0.512. The van der Waals surface area contributed by atoms with Crippen LogP contribution in [0.4, 0.5) is 5.82 Å². The monoisotopic (exact) mass is 231 g/mol. The van der Waals surface area contributed by atoms with E-state index >= 15 is 0 Å². The molecule has 6 heteroatoms. The average molecular weight is 232 g/mol. The van der Waals surface area contributed by atoms with E-state index in [1.54, 1.807) is 0 Å². The first-order valence-corrected chi connectivity index (χ1v) is 4.95. The standard InChI is InChI=1S/C9H14ClN3O2/c1-5-6(2)12-9(8(10)11-5)13-7(3-14)4-15/h7,14-15H,3-4H2,1-2H3,(H,12,13). The van der Waals surface area contributed by atoms with Crippen LogP contribution in [0.3, 0.4) is 0 Å². The highest BCUT2D eigenvalue weighted by Gasteiger charge is 2.11. The van der Waals surface area contributed by atoms with Crippen LogP contribution in [0.15, 0.2) is 0 Å². The molecule has 0 saturated heterocycles. The Labute approximate surface area is 93.1 Å². The number of aromatic nitrogens is 2. The van der Waals surface area contributed by atoms with Gasteiger partial charge < -0.3 is 15.5 Å². The number of anilines is 1. The Bertz CT molecular complexity index is 342. The average Bonchev–Trinajstić information content (AvgIpc) is 2.21. The van der Waals surface area contributed by atoms with E-state index in [1.807, 2.05) is 13.8 Å². The summed E-state index contributed by atoms with van der Waals surface area (Å²) in [5, 5.41) is 20.8. The summed E-state index contributed by atoms with van der Waals surface area (Å²) >= 11 is 5.86. The molecule has 0 saturated carbocycles. The molecular weight excluding hydrogens is 218 g/mol. The van der Waals surface area contributed by atoms with Crippen molar-refractivity contribution < 1.29 is 10.2 Å². The van der Waals surface area contributed by atoms with Gasteiger partial charge in [-0.15, -0.1) is 0 Å². The molecule has 3 N–H and O–H groups in total. The summed E-state index contributed by atoms with van der Waals surface area (Å²) in [5.41, 5.74) is 1.52. The molecule has 0 spiro atoms. The fourth-order valence-corrected chi connectivity index (χ4v) is 1.23. The molecule has 1 aromatic rings. The molecule has 0 atom stereocenters. The molecule has 1 rings (SSSR count). The molecule has 0 amide bonds. The van der Waals surface area contributed by atoms with Gasteiger partial charge in [0.05, 0.1) is 30.6 Å². The summed E-state index contributed by atoms with van der Waals surface area (Å²) in [5.74, 6) is 0.382. The summed E-state index contributed by atoms with van der Waals surface area (Å²) in [6.07, 6.45) is 0. The maximum atomic E-state index is 8.89. The second kappa shape index (κ2) is 5.25. The van der Waals surface area contributed by atoms with Crippen molar-refractivity contribution in [3.05, 3.63) is 16.5 Å². The molecule has 1 aromatic heterocycles. The molecule has 0 fully saturated rings. The summed E-state index contributed by atoms with van der Waals surface area (Å²) in [6, 6.07) is -0.473. The Morgan fingerprint density at radius 1 is 1.20 bits per heavy atom. The Balaban J connectivity index is 2.89. The van der Waals surface area contributed by atoms with Gasteiger partial charge in [-0.1, -0.05) is 11.6 Å². The van der Waals surface area contributed by atoms with E-state index in [1.165, 1.54) is 0 Å². The Kier molecular flexibility index (Phi) is 4.26. The number of aryl methyl sites for hydroxylation is 2. The van der Waals surface area contributed by atoms with Crippen molar-refractivity contribution >= 4 is 17.4 Å². The molecule has 0 aliphatic heterocycles. The zero-order valence-electron chi connectivity index (χ0n) is 8.66. The van der Waals surface area contributed by atoms with Crippen LogP contribution in [-0.4, -0.2) is 39.4 Å². The van der Waals surface area contributed by atoms with Crippen LogP contribution >= 0.6 is 11.6 Å². The van der Waals surface area contributed by atoms with Crippen molar-refractivity contribution in [2.45, 2.75) is 19.9 Å². The minimum Gasteiger partial charge on any atom is -0.394 e. The van der Waals surface area contributed by atoms with Crippen molar-refractivity contribution in [3.8, 4) is 0 Å². The number of aliphatic hydroxyl groups excluding tert-OH is 2. The topological polar surface area (TPSA) is 78.3 Å². The van der Waals surface area contributed by atoms with Crippen LogP contribution in [0.5, 0.6) is 0 Å². The zero-order valence-corrected chi connectivity index (χ0v) is 9.41. The minimum absolute atomic E-state index is 0.193. The van der Waals surface area contributed by atoms with E-state index in [0.717, 1.165) is 11.4 Å². The number of rotatable bonds is 4. The fraction of sp³-hybridized carbons (Fsp3) is 0.556. The van der Waals surface area contributed by atoms with E-state index in [4.69, 9.17) is 21.8 Å². The van der Waals surface area contributed by atoms with Gasteiger partial charge in [0.15, 0.2) is 11.0 Å². The first-order chi connectivity index (χ1) is 7.08. The predicted molar refractivity (Wildman–Crippen MR) is 58.1 cm³/mol. The molecule has 0 unspecified atom stereocenters. The lowest BCUT2D eigenvalue weighted by Gasteiger charge is -2.15. The Morgan fingerprint density at radius 2 is 1.73 bits per heavy atom. The maximum absolute atomic E-state index is 8.89. The molecule has 5 nitrogen and oxygen atoms in total. The van der Waals surface area contributed by atoms with Gasteiger partial charge in [0.25, 0.3) is 0 Å². The van der Waals surface area contributed by atoms with Gasteiger partial charge in [-0.3, -0.25) is 0 Å². The van der Waals surface area contributed by atoms with Crippen molar-refractivity contribution in [1.29, 1.82) is 0 Å². The zero-order chi connectivity index (χ0) is 11.4. The SMILES string of the molecule is Cc1nc(Cl)c(NC(CO)CO)nc1C. The fourth-order valence-electron chi connectivity index (χ4n) is 1.01. The van der Waals surface area contributed by atoms with Crippen molar-refractivity contribution in [1.82, 2.24) is 9.97 Å². The van der Waals surface area contributed by atoms with Crippen LogP contribution in [0.1, 0.15) is 11.4 Å². The maximum Gasteiger partial charge on any atom is 0.171 e. The van der Waals surface area contributed by atoms with Crippen LogP contribution in [0, 0.1) is 13.8 Å². The quantitative estimate of drug-likeness (QED) is 0.704. The van der Waals surface area contributed by atoms with Crippen molar-refractivity contribution in [3.63, 3.8) is 0 Å². The van der Waals surface area contributed by atoms with Gasteiger partial charge in [0, 0.05) is 0 Å². The summed E-state index contributed by atoms with van der Waals surface area (Å²) < 4.78 is 0. The number of hydrogen-bond donors (Lipinski definition) is 3. The molecule has 15 heavy (non-hydrogen) atoms. The summed E-state index contributed by atoms with van der Waals surface area (Å²) in [7, 11) is 0. The van der Waals surface area contributed by atoms with Gasteiger partial charge >= 0.3 is 0 Å². The first kappa shape index (κ1) is 12.2. The van der Waals surface area contributed by atoms with E-state index in [2.05, 4.69) is 15.3 Å². The minimum atomic E-state index is -0.473. The molecular formula is C9H14ClN3O2. The van der Waals surface area contributed by atoms with Gasteiger partial charge in [-0.25, -0.2) is 9.97 Å². The third kappa shape index (κ3) is 3.02. The molecule has 0 radical (unpaired) electrons. The molecule has 1 heterocycles. The normalized spacial score (nSPS) is 10.8. The highest BCUT2D eigenvalue weighted by molar-refractivity contribution is 6.31. The second-order valence-corrected chi connectivity index (χ2v) is 3.60. The van der Waals surface area contributed by atoms with Crippen LogP contribution < -0.4 is 5.32 Å². The molecule has 0 aliphatic carbocycles. The highest BCUT2D eigenvalue weighted by atomic mass is 35.5. The number of nitrogens with zero attached hydrogens (tertiary/aromatic N) is 2. The summed E-state index contributed by atoms with van der Waals surface area (Å²) in [4.78, 5) is 8.25. The largest absolute Gasteiger partial charge is 0.394 e. The number of nitrogens with one attached hydrogen (secondary N) is 1. The van der Waals surface area contributed by atoms with Gasteiger partial charge in [0.2, 0.25) is 0 Å². The van der Waals surface area contributed by atoms with Crippen molar-refractivity contribution in [2.75, 3.05) is 18.5 Å². The molecule has 0 aromatic carbocycles. The van der Waals surface area contributed by atoms with E-state index in [9.17, 15) is 0 Å². The smallest absolute Gasteiger partial charge is 0.171 e. The van der Waals surface area contributed by atoms with E-state index in [-0.39, 0.29) is 18.4 Å². The summed E-state index contributed by atoms with van der Waals surface area (Å²) in [6.45, 7) is 3.24. The molecule has 84 valence electrons. The lowest BCUT2D eigenvalue weighted by molar-refractivity contribution is 0.203. The third-order valence-electron chi connectivity index (χ3n) is 2.05.